The van der Waals surface area contributed by atoms with Crippen molar-refractivity contribution in [3.8, 4) is 0 Å². The first-order chi connectivity index (χ1) is 6.61. The summed E-state index contributed by atoms with van der Waals surface area (Å²) >= 11 is 0. The molecule has 0 aliphatic carbocycles. The van der Waals surface area contributed by atoms with Crippen LogP contribution in [0.25, 0.3) is 0 Å². The maximum absolute atomic E-state index is 11.2. The Morgan fingerprint density at radius 1 is 1.14 bits per heavy atom. The average molecular weight is 201 g/mol. The molecular weight excluding hydrogens is 182 g/mol. The molecule has 0 fully saturated rings. The third kappa shape index (κ3) is 5.53. The maximum Gasteiger partial charge on any atom is 0.236 e. The fraction of sp³-hybridized carbons (Fsp3) is 0.778. The van der Waals surface area contributed by atoms with E-state index < -0.39 is 0 Å². The standard InChI is InChI=1S/C9H19N3O2/c1-4-10-8(13)6-12-7(3)9(14)11-5-2/h7,12H,4-6H2,1-3H3,(H,10,13)(H,11,14). The molecule has 5 nitrogen and oxygen atoms in total. The van der Waals surface area contributed by atoms with Crippen LogP contribution in [-0.4, -0.2) is 37.5 Å². The van der Waals surface area contributed by atoms with Gasteiger partial charge in [-0.1, -0.05) is 0 Å². The highest BCUT2D eigenvalue weighted by Gasteiger charge is 2.11. The van der Waals surface area contributed by atoms with E-state index in [-0.39, 0.29) is 24.4 Å². The van der Waals surface area contributed by atoms with Crippen LogP contribution in [0.15, 0.2) is 0 Å². The van der Waals surface area contributed by atoms with E-state index in [4.69, 9.17) is 0 Å². The first-order valence-corrected chi connectivity index (χ1v) is 4.89. The average Bonchev–Trinajstić information content (AvgIpc) is 2.15. The lowest BCUT2D eigenvalue weighted by molar-refractivity contribution is -0.123. The van der Waals surface area contributed by atoms with Gasteiger partial charge in [0, 0.05) is 13.1 Å². The van der Waals surface area contributed by atoms with Crippen molar-refractivity contribution in [2.75, 3.05) is 19.6 Å². The highest BCUT2D eigenvalue weighted by atomic mass is 16.2. The first-order valence-electron chi connectivity index (χ1n) is 4.89. The molecule has 0 spiro atoms. The lowest BCUT2D eigenvalue weighted by Gasteiger charge is -2.12. The van der Waals surface area contributed by atoms with Crippen LogP contribution in [0.4, 0.5) is 0 Å². The topological polar surface area (TPSA) is 70.2 Å². The summed E-state index contributed by atoms with van der Waals surface area (Å²) in [7, 11) is 0. The van der Waals surface area contributed by atoms with Crippen LogP contribution in [0.3, 0.4) is 0 Å². The predicted octanol–water partition coefficient (Wildman–Crippen LogP) is -0.763. The zero-order valence-corrected chi connectivity index (χ0v) is 9.02. The van der Waals surface area contributed by atoms with Gasteiger partial charge in [-0.15, -0.1) is 0 Å². The Morgan fingerprint density at radius 3 is 2.21 bits per heavy atom. The summed E-state index contributed by atoms with van der Waals surface area (Å²) in [5.74, 6) is -0.180. The van der Waals surface area contributed by atoms with E-state index in [9.17, 15) is 9.59 Å². The summed E-state index contributed by atoms with van der Waals surface area (Å²) in [6, 6.07) is -0.336. The number of carbonyl (C=O) groups is 2. The number of carbonyl (C=O) groups excluding carboxylic acids is 2. The summed E-state index contributed by atoms with van der Waals surface area (Å²) in [6.07, 6.45) is 0. The van der Waals surface area contributed by atoms with Gasteiger partial charge in [-0.05, 0) is 20.8 Å². The molecule has 0 aromatic rings. The minimum Gasteiger partial charge on any atom is -0.355 e. The Labute approximate surface area is 84.6 Å². The molecular formula is C9H19N3O2. The molecule has 0 aromatic carbocycles. The van der Waals surface area contributed by atoms with Gasteiger partial charge in [-0.2, -0.15) is 0 Å². The molecule has 1 unspecified atom stereocenters. The van der Waals surface area contributed by atoms with Gasteiger partial charge in [0.1, 0.15) is 0 Å². The quantitative estimate of drug-likeness (QED) is 0.529. The van der Waals surface area contributed by atoms with E-state index >= 15 is 0 Å². The van der Waals surface area contributed by atoms with Crippen molar-refractivity contribution >= 4 is 11.8 Å². The molecule has 0 aromatic heterocycles. The Hall–Kier alpha value is -1.10. The van der Waals surface area contributed by atoms with Crippen molar-refractivity contribution in [2.24, 2.45) is 0 Å². The number of hydrogen-bond donors (Lipinski definition) is 3. The van der Waals surface area contributed by atoms with E-state index in [1.54, 1.807) is 6.92 Å². The van der Waals surface area contributed by atoms with E-state index in [1.165, 1.54) is 0 Å². The first kappa shape index (κ1) is 12.9. The molecule has 0 rings (SSSR count). The van der Waals surface area contributed by atoms with Crippen molar-refractivity contribution in [1.82, 2.24) is 16.0 Å². The lowest BCUT2D eigenvalue weighted by atomic mass is 10.3. The molecule has 5 heteroatoms. The Bertz CT molecular complexity index is 194. The second-order valence-corrected chi connectivity index (χ2v) is 2.95. The lowest BCUT2D eigenvalue weighted by Crippen LogP contribution is -2.45. The third-order valence-electron chi connectivity index (χ3n) is 1.69. The van der Waals surface area contributed by atoms with Gasteiger partial charge in [0.05, 0.1) is 12.6 Å². The molecule has 0 heterocycles. The number of amides is 2. The Balaban J connectivity index is 3.67. The van der Waals surface area contributed by atoms with E-state index in [0.717, 1.165) is 0 Å². The van der Waals surface area contributed by atoms with Gasteiger partial charge in [0.25, 0.3) is 0 Å². The Morgan fingerprint density at radius 2 is 1.71 bits per heavy atom. The van der Waals surface area contributed by atoms with E-state index in [2.05, 4.69) is 16.0 Å². The number of nitrogens with one attached hydrogen (secondary N) is 3. The molecule has 1 atom stereocenters. The van der Waals surface area contributed by atoms with Crippen molar-refractivity contribution in [1.29, 1.82) is 0 Å². The zero-order chi connectivity index (χ0) is 11.0. The fourth-order valence-corrected chi connectivity index (χ4v) is 0.925. The molecule has 0 bridgehead atoms. The van der Waals surface area contributed by atoms with Crippen molar-refractivity contribution in [2.45, 2.75) is 26.8 Å². The van der Waals surface area contributed by atoms with Crippen LogP contribution in [0.2, 0.25) is 0 Å². The maximum atomic E-state index is 11.2. The second kappa shape index (κ2) is 7.32. The van der Waals surface area contributed by atoms with Crippen LogP contribution in [0.5, 0.6) is 0 Å². The molecule has 0 radical (unpaired) electrons. The van der Waals surface area contributed by atoms with Gasteiger partial charge in [-0.25, -0.2) is 0 Å². The molecule has 82 valence electrons. The summed E-state index contributed by atoms with van der Waals surface area (Å²) < 4.78 is 0. The molecule has 3 N–H and O–H groups in total. The fourth-order valence-electron chi connectivity index (χ4n) is 0.925. The highest BCUT2D eigenvalue weighted by Crippen LogP contribution is 1.80. The van der Waals surface area contributed by atoms with Crippen LogP contribution in [0.1, 0.15) is 20.8 Å². The van der Waals surface area contributed by atoms with Crippen LogP contribution in [0, 0.1) is 0 Å². The van der Waals surface area contributed by atoms with E-state index in [1.807, 2.05) is 13.8 Å². The molecule has 0 aliphatic heterocycles. The van der Waals surface area contributed by atoms with Gasteiger partial charge in [0.2, 0.25) is 11.8 Å². The van der Waals surface area contributed by atoms with E-state index in [0.29, 0.717) is 13.1 Å². The molecule has 0 saturated heterocycles. The molecule has 14 heavy (non-hydrogen) atoms. The summed E-state index contributed by atoms with van der Waals surface area (Å²) in [6.45, 7) is 6.82. The molecule has 2 amide bonds. The highest BCUT2D eigenvalue weighted by molar-refractivity contribution is 5.83. The van der Waals surface area contributed by atoms with Crippen LogP contribution < -0.4 is 16.0 Å². The number of rotatable bonds is 6. The summed E-state index contributed by atoms with van der Waals surface area (Å²) in [4.78, 5) is 22.2. The monoisotopic (exact) mass is 201 g/mol. The van der Waals surface area contributed by atoms with Crippen LogP contribution in [-0.2, 0) is 9.59 Å². The largest absolute Gasteiger partial charge is 0.355 e. The molecule has 0 saturated carbocycles. The predicted molar refractivity (Wildman–Crippen MR) is 54.8 cm³/mol. The molecule has 0 aliphatic rings. The SMILES string of the molecule is CCNC(=O)CNC(C)C(=O)NCC. The van der Waals surface area contributed by atoms with Gasteiger partial charge in [0.15, 0.2) is 0 Å². The number of hydrogen-bond acceptors (Lipinski definition) is 3. The smallest absolute Gasteiger partial charge is 0.236 e. The van der Waals surface area contributed by atoms with Crippen molar-refractivity contribution < 1.29 is 9.59 Å². The summed E-state index contributed by atoms with van der Waals surface area (Å²) in [5, 5.41) is 8.13. The zero-order valence-electron chi connectivity index (χ0n) is 9.02. The van der Waals surface area contributed by atoms with Crippen molar-refractivity contribution in [3.63, 3.8) is 0 Å². The van der Waals surface area contributed by atoms with Gasteiger partial charge >= 0.3 is 0 Å². The summed E-state index contributed by atoms with van der Waals surface area (Å²) in [5.41, 5.74) is 0. The minimum atomic E-state index is -0.336. The van der Waals surface area contributed by atoms with Crippen molar-refractivity contribution in [3.05, 3.63) is 0 Å². The van der Waals surface area contributed by atoms with Gasteiger partial charge < -0.3 is 10.6 Å². The normalized spacial score (nSPS) is 11.9. The Kier molecular flexibility index (Phi) is 6.74. The number of likely N-dealkylation sites (N-methyl/N-ethyl adjacent to an activating group) is 2. The second-order valence-electron chi connectivity index (χ2n) is 2.95. The minimum absolute atomic E-state index is 0.0863. The third-order valence-corrected chi connectivity index (χ3v) is 1.69. The van der Waals surface area contributed by atoms with Crippen LogP contribution >= 0.6 is 0 Å². The van der Waals surface area contributed by atoms with Gasteiger partial charge in [-0.3, -0.25) is 14.9 Å².